The molecule has 31 heavy (non-hydrogen) atoms. The maximum atomic E-state index is 13.0. The molecule has 2 N–H and O–H groups in total. The molecule has 0 aliphatic heterocycles. The zero-order valence-electron chi connectivity index (χ0n) is 17.2. The summed E-state index contributed by atoms with van der Waals surface area (Å²) in [7, 11) is 0. The maximum Gasteiger partial charge on any atom is 0.342 e. The number of ether oxygens (including phenoxy) is 2. The summed E-state index contributed by atoms with van der Waals surface area (Å²) < 4.78 is 23.9. The zero-order chi connectivity index (χ0) is 22.2. The van der Waals surface area contributed by atoms with Crippen molar-refractivity contribution in [2.75, 3.05) is 0 Å². The number of carbonyl (C=O) groups excluding carboxylic acids is 3. The molecular formula is C23H25FN2O5. The van der Waals surface area contributed by atoms with E-state index in [1.165, 1.54) is 25.1 Å². The Morgan fingerprint density at radius 2 is 1.74 bits per heavy atom. The van der Waals surface area contributed by atoms with Gasteiger partial charge >= 0.3 is 12.0 Å². The van der Waals surface area contributed by atoms with Gasteiger partial charge in [-0.25, -0.2) is 14.0 Å². The average Bonchev–Trinajstić information content (AvgIpc) is 3.26. The van der Waals surface area contributed by atoms with Gasteiger partial charge in [0.1, 0.15) is 23.7 Å². The smallest absolute Gasteiger partial charge is 0.342 e. The Hall–Kier alpha value is -3.42. The minimum atomic E-state index is -1.17. The van der Waals surface area contributed by atoms with Crippen LogP contribution < -0.4 is 15.4 Å². The first kappa shape index (κ1) is 22.3. The molecule has 0 saturated heterocycles. The van der Waals surface area contributed by atoms with E-state index in [0.717, 1.165) is 31.2 Å². The fourth-order valence-electron chi connectivity index (χ4n) is 3.29. The van der Waals surface area contributed by atoms with Crippen LogP contribution in [0.1, 0.15) is 48.5 Å². The number of para-hydroxylation sites is 1. The lowest BCUT2D eigenvalue weighted by Crippen LogP contribution is -2.47. The highest BCUT2D eigenvalue weighted by Crippen LogP contribution is 2.21. The third kappa shape index (κ3) is 6.53. The van der Waals surface area contributed by atoms with Gasteiger partial charge < -0.3 is 14.8 Å². The normalized spacial score (nSPS) is 14.5. The first-order valence-electron chi connectivity index (χ1n) is 10.2. The molecule has 0 spiro atoms. The third-order valence-electron chi connectivity index (χ3n) is 4.99. The first-order valence-corrected chi connectivity index (χ1v) is 10.2. The van der Waals surface area contributed by atoms with Crippen LogP contribution in [-0.4, -0.2) is 30.1 Å². The molecule has 1 saturated carbocycles. The number of hydrogen-bond donors (Lipinski definition) is 2. The molecule has 3 rings (SSSR count). The summed E-state index contributed by atoms with van der Waals surface area (Å²) in [5.74, 6) is -1.55. The van der Waals surface area contributed by atoms with Crippen LogP contribution in [0.3, 0.4) is 0 Å². The molecular weight excluding hydrogens is 403 g/mol. The van der Waals surface area contributed by atoms with Crippen molar-refractivity contribution < 1.29 is 28.2 Å². The van der Waals surface area contributed by atoms with E-state index >= 15 is 0 Å². The van der Waals surface area contributed by atoms with Gasteiger partial charge in [-0.3, -0.25) is 10.1 Å². The van der Waals surface area contributed by atoms with E-state index in [0.29, 0.717) is 0 Å². The van der Waals surface area contributed by atoms with Gasteiger partial charge in [0.25, 0.3) is 5.91 Å². The molecule has 1 unspecified atom stereocenters. The van der Waals surface area contributed by atoms with Gasteiger partial charge in [-0.15, -0.1) is 0 Å². The van der Waals surface area contributed by atoms with E-state index < -0.39 is 24.0 Å². The molecule has 1 fully saturated rings. The fraction of sp³-hybridized carbons (Fsp3) is 0.348. The van der Waals surface area contributed by atoms with Gasteiger partial charge in [-0.2, -0.15) is 0 Å². The van der Waals surface area contributed by atoms with Crippen molar-refractivity contribution in [1.29, 1.82) is 0 Å². The van der Waals surface area contributed by atoms with Crippen molar-refractivity contribution in [3.05, 3.63) is 65.5 Å². The highest BCUT2D eigenvalue weighted by Gasteiger charge is 2.24. The Morgan fingerprint density at radius 3 is 2.45 bits per heavy atom. The van der Waals surface area contributed by atoms with Crippen LogP contribution in [0.25, 0.3) is 0 Å². The Bertz CT molecular complexity index is 926. The summed E-state index contributed by atoms with van der Waals surface area (Å²) in [6.45, 7) is 1.51. The van der Waals surface area contributed by atoms with E-state index in [1.54, 1.807) is 30.3 Å². The van der Waals surface area contributed by atoms with Gasteiger partial charge in [-0.1, -0.05) is 37.1 Å². The van der Waals surface area contributed by atoms with Crippen LogP contribution in [0.2, 0.25) is 0 Å². The van der Waals surface area contributed by atoms with Crippen molar-refractivity contribution in [2.24, 2.45) is 0 Å². The van der Waals surface area contributed by atoms with Gasteiger partial charge in [-0.05, 0) is 49.6 Å². The van der Waals surface area contributed by atoms with Crippen LogP contribution in [0, 0.1) is 5.82 Å². The van der Waals surface area contributed by atoms with Crippen molar-refractivity contribution in [3.63, 3.8) is 0 Å². The maximum absolute atomic E-state index is 13.0. The number of benzene rings is 2. The van der Waals surface area contributed by atoms with Crippen molar-refractivity contribution in [3.8, 4) is 5.75 Å². The molecule has 2 aromatic carbocycles. The second-order valence-corrected chi connectivity index (χ2v) is 7.40. The highest BCUT2D eigenvalue weighted by atomic mass is 19.1. The quantitative estimate of drug-likeness (QED) is 0.656. The fourth-order valence-corrected chi connectivity index (χ4v) is 3.29. The number of rotatable bonds is 7. The van der Waals surface area contributed by atoms with Crippen molar-refractivity contribution in [1.82, 2.24) is 10.6 Å². The average molecular weight is 428 g/mol. The summed E-state index contributed by atoms with van der Waals surface area (Å²) >= 11 is 0. The molecule has 0 heterocycles. The van der Waals surface area contributed by atoms with Crippen LogP contribution >= 0.6 is 0 Å². The molecule has 164 valence electrons. The molecule has 0 bridgehead atoms. The summed E-state index contributed by atoms with van der Waals surface area (Å²) in [4.78, 5) is 36.7. The van der Waals surface area contributed by atoms with Gasteiger partial charge in [0.05, 0.1) is 0 Å². The Morgan fingerprint density at radius 1 is 1.06 bits per heavy atom. The van der Waals surface area contributed by atoms with Crippen molar-refractivity contribution in [2.45, 2.75) is 51.4 Å². The van der Waals surface area contributed by atoms with E-state index in [1.807, 2.05) is 0 Å². The molecule has 7 nitrogen and oxygen atoms in total. The number of carbonyl (C=O) groups is 3. The summed E-state index contributed by atoms with van der Waals surface area (Å²) in [5, 5.41) is 4.94. The number of hydrogen-bond acceptors (Lipinski definition) is 5. The molecule has 0 radical (unpaired) electrons. The monoisotopic (exact) mass is 428 g/mol. The zero-order valence-corrected chi connectivity index (χ0v) is 17.2. The Balaban J connectivity index is 1.54. The second-order valence-electron chi connectivity index (χ2n) is 7.40. The van der Waals surface area contributed by atoms with Gasteiger partial charge in [0.15, 0.2) is 6.10 Å². The standard InChI is InChI=1S/C23H25FN2O5/c1-15(21(27)26-23(29)25-18-6-2-3-7-18)31-22(28)19-8-4-5-9-20(19)30-14-16-10-12-17(24)13-11-16/h4-5,8-13,15,18H,2-3,6-7,14H2,1H3,(H2,25,26,27,29). The number of urea groups is 1. The molecule has 1 atom stereocenters. The lowest BCUT2D eigenvalue weighted by atomic mass is 10.2. The second kappa shape index (κ2) is 10.6. The molecule has 0 aromatic heterocycles. The minimum absolute atomic E-state index is 0.0655. The first-order chi connectivity index (χ1) is 14.9. The largest absolute Gasteiger partial charge is 0.488 e. The highest BCUT2D eigenvalue weighted by molar-refractivity contribution is 5.99. The van der Waals surface area contributed by atoms with Crippen LogP contribution in [0.5, 0.6) is 5.75 Å². The van der Waals surface area contributed by atoms with Crippen LogP contribution in [0.15, 0.2) is 48.5 Å². The molecule has 1 aliphatic rings. The van der Waals surface area contributed by atoms with Gasteiger partial charge in [0.2, 0.25) is 0 Å². The lowest BCUT2D eigenvalue weighted by molar-refractivity contribution is -0.127. The predicted molar refractivity (Wildman–Crippen MR) is 111 cm³/mol. The number of imide groups is 1. The third-order valence-corrected chi connectivity index (χ3v) is 4.99. The predicted octanol–water partition coefficient (Wildman–Crippen LogP) is 3.72. The minimum Gasteiger partial charge on any atom is -0.488 e. The van der Waals surface area contributed by atoms with E-state index in [4.69, 9.17) is 9.47 Å². The van der Waals surface area contributed by atoms with Crippen molar-refractivity contribution >= 4 is 17.9 Å². The molecule has 8 heteroatoms. The number of halogens is 1. The lowest BCUT2D eigenvalue weighted by Gasteiger charge is -2.16. The summed E-state index contributed by atoms with van der Waals surface area (Å²) in [6.07, 6.45) is 2.71. The van der Waals surface area contributed by atoms with Gasteiger partial charge in [0, 0.05) is 6.04 Å². The molecule has 3 amide bonds. The van der Waals surface area contributed by atoms with Crippen LogP contribution in [0.4, 0.5) is 9.18 Å². The number of esters is 1. The molecule has 1 aliphatic carbocycles. The number of amides is 3. The van der Waals surface area contributed by atoms with Crippen LogP contribution in [-0.2, 0) is 16.1 Å². The SMILES string of the molecule is CC(OC(=O)c1ccccc1OCc1ccc(F)cc1)C(=O)NC(=O)NC1CCCC1. The summed E-state index contributed by atoms with van der Waals surface area (Å²) in [6, 6.07) is 11.7. The Kier molecular flexibility index (Phi) is 7.59. The van der Waals surface area contributed by atoms with E-state index in [9.17, 15) is 18.8 Å². The number of nitrogens with one attached hydrogen (secondary N) is 2. The topological polar surface area (TPSA) is 93.7 Å². The molecule has 2 aromatic rings. The van der Waals surface area contributed by atoms with E-state index in [-0.39, 0.29) is 29.8 Å². The summed E-state index contributed by atoms with van der Waals surface area (Å²) in [5.41, 5.74) is 0.866. The van der Waals surface area contributed by atoms with E-state index in [2.05, 4.69) is 10.6 Å². The Labute approximate surface area is 179 Å².